The van der Waals surface area contributed by atoms with E-state index >= 15 is 0 Å². The van der Waals surface area contributed by atoms with Crippen molar-refractivity contribution in [3.8, 4) is 0 Å². The zero-order chi connectivity index (χ0) is 17.1. The van der Waals surface area contributed by atoms with E-state index in [1.807, 2.05) is 27.7 Å². The molecule has 0 aromatic heterocycles. The summed E-state index contributed by atoms with van der Waals surface area (Å²) in [4.78, 5) is 23.6. The summed E-state index contributed by atoms with van der Waals surface area (Å²) in [6.45, 7) is 12.0. The van der Waals surface area contributed by atoms with Gasteiger partial charge in [-0.1, -0.05) is 52.0 Å². The summed E-state index contributed by atoms with van der Waals surface area (Å²) in [5, 5.41) is 0. The van der Waals surface area contributed by atoms with Gasteiger partial charge in [0.05, 0.1) is 13.2 Å². The Bertz CT molecular complexity index is 412. The first-order valence-electron chi connectivity index (χ1n) is 7.77. The molecule has 0 aliphatic heterocycles. The van der Waals surface area contributed by atoms with Gasteiger partial charge in [-0.05, 0) is 25.7 Å². The van der Waals surface area contributed by atoms with E-state index < -0.39 is 0 Å². The minimum absolute atomic E-state index is 0.0716. The Morgan fingerprint density at radius 2 is 1.09 bits per heavy atom. The zero-order valence-corrected chi connectivity index (χ0v) is 14.5. The van der Waals surface area contributed by atoms with E-state index in [4.69, 9.17) is 9.47 Å². The van der Waals surface area contributed by atoms with Crippen molar-refractivity contribution in [2.45, 2.75) is 41.5 Å². The summed E-state index contributed by atoms with van der Waals surface area (Å²) < 4.78 is 10.0. The third-order valence-electron chi connectivity index (χ3n) is 2.93. The first kappa shape index (κ1) is 20.2. The normalized spacial score (nSPS) is 13.1. The van der Waals surface area contributed by atoms with Gasteiger partial charge in [0.15, 0.2) is 0 Å². The van der Waals surface area contributed by atoms with E-state index in [0.717, 1.165) is 0 Å². The Balaban J connectivity index is 5.12. The molecular weight excluding hydrogens is 280 g/mol. The molecule has 0 radical (unpaired) electrons. The largest absolute Gasteiger partial charge is 0.463 e. The Morgan fingerprint density at radius 3 is 1.32 bits per heavy atom. The number of hydrogen-bond donors (Lipinski definition) is 0. The van der Waals surface area contributed by atoms with E-state index in [-0.39, 0.29) is 23.8 Å². The molecule has 0 amide bonds. The van der Waals surface area contributed by atoms with Crippen LogP contribution >= 0.6 is 0 Å². The Morgan fingerprint density at radius 1 is 0.773 bits per heavy atom. The van der Waals surface area contributed by atoms with Gasteiger partial charge >= 0.3 is 11.9 Å². The molecule has 0 aliphatic carbocycles. The van der Waals surface area contributed by atoms with E-state index in [1.165, 1.54) is 0 Å². The molecule has 0 saturated heterocycles. The van der Waals surface area contributed by atoms with Gasteiger partial charge in [-0.2, -0.15) is 0 Å². The Labute approximate surface area is 133 Å². The lowest BCUT2D eigenvalue weighted by Crippen LogP contribution is -2.12. The zero-order valence-electron chi connectivity index (χ0n) is 14.5. The van der Waals surface area contributed by atoms with Gasteiger partial charge in [0.1, 0.15) is 0 Å². The molecule has 0 unspecified atom stereocenters. The summed E-state index contributed by atoms with van der Waals surface area (Å²) >= 11 is 0. The average molecular weight is 308 g/mol. The maximum Gasteiger partial charge on any atom is 0.334 e. The van der Waals surface area contributed by atoms with Crippen LogP contribution in [0.1, 0.15) is 41.5 Å². The summed E-state index contributed by atoms with van der Waals surface area (Å²) in [6, 6.07) is 0. The van der Waals surface area contributed by atoms with Crippen LogP contribution in [0.25, 0.3) is 0 Å². The summed E-state index contributed by atoms with van der Waals surface area (Å²) in [5.74, 6) is -0.467. The maximum atomic E-state index is 11.8. The van der Waals surface area contributed by atoms with Gasteiger partial charge in [0.25, 0.3) is 0 Å². The number of carbonyl (C=O) groups is 2. The van der Waals surface area contributed by atoms with Gasteiger partial charge in [-0.3, -0.25) is 0 Å². The fourth-order valence-electron chi connectivity index (χ4n) is 1.74. The summed E-state index contributed by atoms with van der Waals surface area (Å²) in [5.41, 5.74) is 1.21. The molecule has 4 nitrogen and oxygen atoms in total. The molecule has 0 N–H and O–H groups in total. The standard InChI is InChI=1S/C18H28O4/c1-7-21-17(19)15(13(3)4)11-9-10-12-16(14(5)6)18(20)22-8-2/h9-14H,7-8H2,1-6H3/b10-9+,15-11-,16-12-. The first-order valence-corrected chi connectivity index (χ1v) is 7.77. The van der Waals surface area contributed by atoms with Crippen LogP contribution in [0.4, 0.5) is 0 Å². The highest BCUT2D eigenvalue weighted by molar-refractivity contribution is 5.90. The van der Waals surface area contributed by atoms with Gasteiger partial charge in [0.2, 0.25) is 0 Å². The minimum Gasteiger partial charge on any atom is -0.463 e. The molecule has 0 aromatic carbocycles. The van der Waals surface area contributed by atoms with Gasteiger partial charge in [-0.25, -0.2) is 9.59 Å². The van der Waals surface area contributed by atoms with E-state index in [2.05, 4.69) is 0 Å². The topological polar surface area (TPSA) is 52.6 Å². The molecule has 0 atom stereocenters. The van der Waals surface area contributed by atoms with Crippen LogP contribution in [-0.2, 0) is 19.1 Å². The highest BCUT2D eigenvalue weighted by Crippen LogP contribution is 2.13. The van der Waals surface area contributed by atoms with Crippen LogP contribution in [0.3, 0.4) is 0 Å². The number of hydrogen-bond acceptors (Lipinski definition) is 4. The lowest BCUT2D eigenvalue weighted by molar-refractivity contribution is -0.140. The fraction of sp³-hybridized carbons (Fsp3) is 0.556. The van der Waals surface area contributed by atoms with Crippen molar-refractivity contribution in [2.75, 3.05) is 13.2 Å². The monoisotopic (exact) mass is 308 g/mol. The Kier molecular flexibility index (Phi) is 9.92. The van der Waals surface area contributed by atoms with E-state index in [0.29, 0.717) is 24.4 Å². The second-order valence-electron chi connectivity index (χ2n) is 5.38. The summed E-state index contributed by atoms with van der Waals surface area (Å²) in [7, 11) is 0. The molecule has 0 aromatic rings. The second kappa shape index (κ2) is 10.8. The third kappa shape index (κ3) is 7.25. The van der Waals surface area contributed by atoms with Crippen molar-refractivity contribution < 1.29 is 19.1 Å². The van der Waals surface area contributed by atoms with Gasteiger partial charge < -0.3 is 9.47 Å². The Hall–Kier alpha value is -1.84. The lowest BCUT2D eigenvalue weighted by atomic mass is 10.0. The number of ether oxygens (including phenoxy) is 2. The number of rotatable bonds is 8. The van der Waals surface area contributed by atoms with E-state index in [9.17, 15) is 9.59 Å². The third-order valence-corrected chi connectivity index (χ3v) is 2.93. The molecule has 0 aliphatic rings. The molecule has 22 heavy (non-hydrogen) atoms. The van der Waals surface area contributed by atoms with Crippen LogP contribution in [0.2, 0.25) is 0 Å². The molecule has 0 fully saturated rings. The van der Waals surface area contributed by atoms with Crippen molar-refractivity contribution in [2.24, 2.45) is 11.8 Å². The molecule has 124 valence electrons. The minimum atomic E-state index is -0.305. The fourth-order valence-corrected chi connectivity index (χ4v) is 1.74. The van der Waals surface area contributed by atoms with Crippen molar-refractivity contribution in [1.82, 2.24) is 0 Å². The molecular formula is C18H28O4. The number of esters is 2. The molecule has 0 bridgehead atoms. The van der Waals surface area contributed by atoms with Crippen LogP contribution in [0, 0.1) is 11.8 Å². The highest BCUT2D eigenvalue weighted by Gasteiger charge is 2.14. The van der Waals surface area contributed by atoms with E-state index in [1.54, 1.807) is 38.2 Å². The van der Waals surface area contributed by atoms with Crippen LogP contribution < -0.4 is 0 Å². The first-order chi connectivity index (χ1) is 10.3. The molecule has 0 heterocycles. The maximum absolute atomic E-state index is 11.8. The van der Waals surface area contributed by atoms with Crippen LogP contribution in [-0.4, -0.2) is 25.2 Å². The van der Waals surface area contributed by atoms with Crippen molar-refractivity contribution >= 4 is 11.9 Å². The van der Waals surface area contributed by atoms with Crippen LogP contribution in [0.15, 0.2) is 35.5 Å². The van der Waals surface area contributed by atoms with Crippen LogP contribution in [0.5, 0.6) is 0 Å². The van der Waals surface area contributed by atoms with Crippen molar-refractivity contribution in [3.05, 3.63) is 35.5 Å². The quantitative estimate of drug-likeness (QED) is 0.388. The van der Waals surface area contributed by atoms with Gasteiger partial charge in [0, 0.05) is 11.1 Å². The summed E-state index contributed by atoms with van der Waals surface area (Å²) in [6.07, 6.45) is 6.94. The molecule has 0 spiro atoms. The number of allylic oxidation sites excluding steroid dienone is 4. The highest BCUT2D eigenvalue weighted by atomic mass is 16.5. The van der Waals surface area contributed by atoms with Crippen molar-refractivity contribution in [1.29, 1.82) is 0 Å². The SMILES string of the molecule is CCOC(=O)\C(=C/C=C/C=C(\C(=O)OCC)C(C)C)C(C)C. The molecule has 0 rings (SSSR count). The predicted octanol–water partition coefficient (Wildman–Crippen LogP) is 3.83. The number of carbonyl (C=O) groups excluding carboxylic acids is 2. The van der Waals surface area contributed by atoms with Crippen molar-refractivity contribution in [3.63, 3.8) is 0 Å². The molecule has 4 heteroatoms. The smallest absolute Gasteiger partial charge is 0.334 e. The average Bonchev–Trinajstić information content (AvgIpc) is 2.42. The predicted molar refractivity (Wildman–Crippen MR) is 88.2 cm³/mol. The van der Waals surface area contributed by atoms with Gasteiger partial charge in [-0.15, -0.1) is 0 Å². The second-order valence-corrected chi connectivity index (χ2v) is 5.38. The molecule has 0 saturated carbocycles. The lowest BCUT2D eigenvalue weighted by Gasteiger charge is -2.09.